The van der Waals surface area contributed by atoms with Crippen LogP contribution in [0.4, 0.5) is 11.4 Å². The zero-order chi connectivity index (χ0) is 11.1. The first-order valence-electron chi connectivity index (χ1n) is 5.25. The van der Waals surface area contributed by atoms with Crippen molar-refractivity contribution < 1.29 is 4.74 Å². The maximum atomic E-state index is 5.73. The molecule has 0 radical (unpaired) electrons. The summed E-state index contributed by atoms with van der Waals surface area (Å²) < 4.78 is 5.43. The fourth-order valence-corrected chi connectivity index (χ4v) is 1.18. The molecule has 0 unspecified atom stereocenters. The molecule has 0 amide bonds. The Kier molecular flexibility index (Phi) is 4.90. The van der Waals surface area contributed by atoms with Gasteiger partial charge in [-0.2, -0.15) is 0 Å². The highest BCUT2D eigenvalue weighted by molar-refractivity contribution is 5.63. The van der Waals surface area contributed by atoms with Crippen molar-refractivity contribution in [3.63, 3.8) is 0 Å². The van der Waals surface area contributed by atoms with Crippen LogP contribution in [0.15, 0.2) is 18.5 Å². The molecule has 0 atom stereocenters. The summed E-state index contributed by atoms with van der Waals surface area (Å²) in [4.78, 5) is 3.92. The van der Waals surface area contributed by atoms with Crippen LogP contribution in [0.3, 0.4) is 0 Å². The van der Waals surface area contributed by atoms with Crippen molar-refractivity contribution in [2.75, 3.05) is 24.2 Å². The van der Waals surface area contributed by atoms with Gasteiger partial charge in [0, 0.05) is 19.3 Å². The number of nitrogen functional groups attached to an aromatic ring is 1. The predicted molar refractivity (Wildman–Crippen MR) is 62.8 cm³/mol. The van der Waals surface area contributed by atoms with Crippen molar-refractivity contribution in [2.45, 2.75) is 26.4 Å². The summed E-state index contributed by atoms with van der Waals surface area (Å²) in [6, 6.07) is 1.87. The molecule has 0 aliphatic heterocycles. The maximum absolute atomic E-state index is 5.73. The van der Waals surface area contributed by atoms with E-state index in [2.05, 4.69) is 10.3 Å². The van der Waals surface area contributed by atoms with Gasteiger partial charge in [0.1, 0.15) is 0 Å². The first-order chi connectivity index (χ1) is 7.20. The summed E-state index contributed by atoms with van der Waals surface area (Å²) in [7, 11) is 0. The molecule has 1 aromatic heterocycles. The van der Waals surface area contributed by atoms with E-state index in [0.29, 0.717) is 11.8 Å². The first kappa shape index (κ1) is 11.8. The summed E-state index contributed by atoms with van der Waals surface area (Å²) in [5.41, 5.74) is 7.35. The van der Waals surface area contributed by atoms with Crippen LogP contribution < -0.4 is 11.1 Å². The average molecular weight is 209 g/mol. The van der Waals surface area contributed by atoms with Crippen LogP contribution >= 0.6 is 0 Å². The van der Waals surface area contributed by atoms with E-state index in [4.69, 9.17) is 10.5 Å². The summed E-state index contributed by atoms with van der Waals surface area (Å²) >= 11 is 0. The number of nitrogens with one attached hydrogen (secondary N) is 1. The van der Waals surface area contributed by atoms with E-state index in [1.165, 1.54) is 0 Å². The third kappa shape index (κ3) is 4.65. The average Bonchev–Trinajstić information content (AvgIpc) is 2.20. The molecule has 0 aliphatic rings. The molecule has 4 heteroatoms. The van der Waals surface area contributed by atoms with Crippen LogP contribution in [0.1, 0.15) is 20.3 Å². The van der Waals surface area contributed by atoms with E-state index in [1.807, 2.05) is 19.9 Å². The fraction of sp³-hybridized carbons (Fsp3) is 0.545. The molecule has 15 heavy (non-hydrogen) atoms. The van der Waals surface area contributed by atoms with E-state index in [9.17, 15) is 0 Å². The van der Waals surface area contributed by atoms with E-state index < -0.39 is 0 Å². The van der Waals surface area contributed by atoms with Gasteiger partial charge in [-0.05, 0) is 26.3 Å². The third-order valence-corrected chi connectivity index (χ3v) is 1.94. The van der Waals surface area contributed by atoms with Gasteiger partial charge in [0.05, 0.1) is 23.7 Å². The zero-order valence-electron chi connectivity index (χ0n) is 9.36. The van der Waals surface area contributed by atoms with Gasteiger partial charge in [-0.3, -0.25) is 4.98 Å². The van der Waals surface area contributed by atoms with Crippen molar-refractivity contribution >= 4 is 11.4 Å². The molecule has 0 aromatic carbocycles. The molecule has 0 saturated heterocycles. The smallest absolute Gasteiger partial charge is 0.0736 e. The molecular formula is C11H19N3O. The zero-order valence-corrected chi connectivity index (χ0v) is 9.36. The molecule has 4 nitrogen and oxygen atoms in total. The van der Waals surface area contributed by atoms with E-state index in [0.717, 1.165) is 25.3 Å². The number of hydrogen-bond donors (Lipinski definition) is 2. The van der Waals surface area contributed by atoms with Crippen LogP contribution in [0, 0.1) is 0 Å². The van der Waals surface area contributed by atoms with Crippen molar-refractivity contribution in [2.24, 2.45) is 0 Å². The highest BCUT2D eigenvalue weighted by Crippen LogP contribution is 2.14. The molecule has 1 rings (SSSR count). The number of ether oxygens (including phenoxy) is 1. The molecule has 0 spiro atoms. The largest absolute Gasteiger partial charge is 0.396 e. The van der Waals surface area contributed by atoms with Crippen molar-refractivity contribution in [1.29, 1.82) is 0 Å². The highest BCUT2D eigenvalue weighted by Gasteiger charge is 1.97. The molecule has 0 saturated carbocycles. The Labute approximate surface area is 90.8 Å². The Hall–Kier alpha value is -1.29. The fourth-order valence-electron chi connectivity index (χ4n) is 1.18. The second kappa shape index (κ2) is 6.24. The second-order valence-electron chi connectivity index (χ2n) is 3.66. The Morgan fingerprint density at radius 2 is 2.33 bits per heavy atom. The first-order valence-corrected chi connectivity index (χ1v) is 5.25. The lowest BCUT2D eigenvalue weighted by Gasteiger charge is -2.10. The minimum absolute atomic E-state index is 0.302. The predicted octanol–water partition coefficient (Wildman–Crippen LogP) is 1.89. The van der Waals surface area contributed by atoms with Crippen LogP contribution in [0.2, 0.25) is 0 Å². The Balaban J connectivity index is 2.18. The molecular weight excluding hydrogens is 190 g/mol. The van der Waals surface area contributed by atoms with Crippen molar-refractivity contribution in [3.8, 4) is 0 Å². The molecule has 0 fully saturated rings. The van der Waals surface area contributed by atoms with Gasteiger partial charge in [0.2, 0.25) is 0 Å². The van der Waals surface area contributed by atoms with E-state index in [-0.39, 0.29) is 0 Å². The van der Waals surface area contributed by atoms with Crippen LogP contribution in [0.25, 0.3) is 0 Å². The topological polar surface area (TPSA) is 60.2 Å². The summed E-state index contributed by atoms with van der Waals surface area (Å²) in [5, 5.41) is 3.24. The molecule has 1 aromatic rings. The summed E-state index contributed by atoms with van der Waals surface area (Å²) in [6.07, 6.45) is 4.65. The van der Waals surface area contributed by atoms with Gasteiger partial charge in [-0.25, -0.2) is 0 Å². The lowest BCUT2D eigenvalue weighted by atomic mass is 10.3. The van der Waals surface area contributed by atoms with Crippen molar-refractivity contribution in [1.82, 2.24) is 4.98 Å². The Bertz CT molecular complexity index is 289. The van der Waals surface area contributed by atoms with Gasteiger partial charge in [-0.1, -0.05) is 0 Å². The van der Waals surface area contributed by atoms with Gasteiger partial charge in [0.25, 0.3) is 0 Å². The van der Waals surface area contributed by atoms with E-state index >= 15 is 0 Å². The normalized spacial score (nSPS) is 10.6. The molecule has 84 valence electrons. The van der Waals surface area contributed by atoms with E-state index in [1.54, 1.807) is 12.4 Å². The number of anilines is 2. The second-order valence-corrected chi connectivity index (χ2v) is 3.66. The maximum Gasteiger partial charge on any atom is 0.0736 e. The van der Waals surface area contributed by atoms with Crippen LogP contribution in [0.5, 0.6) is 0 Å². The van der Waals surface area contributed by atoms with Gasteiger partial charge >= 0.3 is 0 Å². The number of rotatable bonds is 6. The Morgan fingerprint density at radius 3 is 3.00 bits per heavy atom. The number of aromatic nitrogens is 1. The SMILES string of the molecule is CC(C)OCCCNc1ccncc1N. The number of pyridine rings is 1. The summed E-state index contributed by atoms with van der Waals surface area (Å²) in [6.45, 7) is 5.71. The van der Waals surface area contributed by atoms with Gasteiger partial charge in [-0.15, -0.1) is 0 Å². The minimum Gasteiger partial charge on any atom is -0.396 e. The standard InChI is InChI=1S/C11H19N3O/c1-9(2)15-7-3-5-14-11-4-6-13-8-10(11)12/h4,6,8-9H,3,5,7,12H2,1-2H3,(H,13,14). The monoisotopic (exact) mass is 209 g/mol. The molecule has 0 aliphatic carbocycles. The molecule has 0 bridgehead atoms. The minimum atomic E-state index is 0.302. The third-order valence-electron chi connectivity index (χ3n) is 1.94. The van der Waals surface area contributed by atoms with Gasteiger partial charge in [0.15, 0.2) is 0 Å². The van der Waals surface area contributed by atoms with Crippen LogP contribution in [-0.4, -0.2) is 24.2 Å². The molecule has 1 heterocycles. The van der Waals surface area contributed by atoms with Crippen molar-refractivity contribution in [3.05, 3.63) is 18.5 Å². The quantitative estimate of drug-likeness (QED) is 0.702. The Morgan fingerprint density at radius 1 is 1.53 bits per heavy atom. The summed E-state index contributed by atoms with van der Waals surface area (Å²) in [5.74, 6) is 0. The van der Waals surface area contributed by atoms with Crippen LogP contribution in [-0.2, 0) is 4.74 Å². The number of nitrogens with two attached hydrogens (primary N) is 1. The van der Waals surface area contributed by atoms with Gasteiger partial charge < -0.3 is 15.8 Å². The lowest BCUT2D eigenvalue weighted by Crippen LogP contribution is -2.10. The number of nitrogens with zero attached hydrogens (tertiary/aromatic N) is 1. The number of hydrogen-bond acceptors (Lipinski definition) is 4. The lowest BCUT2D eigenvalue weighted by molar-refractivity contribution is 0.0787. The molecule has 3 N–H and O–H groups in total. The highest BCUT2D eigenvalue weighted by atomic mass is 16.5.